The van der Waals surface area contributed by atoms with Crippen LogP contribution in [0.4, 0.5) is 52.7 Å². The van der Waals surface area contributed by atoms with Gasteiger partial charge in [-0.15, -0.1) is 26.2 Å². The number of carbonyl (C=O) groups excluding carboxylic acids is 4. The molecule has 0 atom stereocenters. The standard InChI is InChI=1S/2C5H2F6O2.2C5H10N.Mn/c2*6-4(7,8)2(12)1-3(13)5(9,10)11;2*1-2-4-6-5-3-1;/h2*1H2;2*1-5H2;/q;;2*-1;+2. The summed E-state index contributed by atoms with van der Waals surface area (Å²) in [4.78, 5) is 39.5. The summed E-state index contributed by atoms with van der Waals surface area (Å²) in [5, 5.41) is 8.35. The van der Waals surface area contributed by atoms with Crippen molar-refractivity contribution in [2.24, 2.45) is 0 Å². The van der Waals surface area contributed by atoms with E-state index in [0.717, 1.165) is 26.2 Å². The van der Waals surface area contributed by atoms with Crippen LogP contribution >= 0.6 is 0 Å². The van der Waals surface area contributed by atoms with E-state index in [1.54, 1.807) is 0 Å². The molecule has 0 aromatic rings. The van der Waals surface area contributed by atoms with Crippen LogP contribution in [-0.2, 0) is 36.2 Å². The molecule has 2 rings (SSSR count). The van der Waals surface area contributed by atoms with Gasteiger partial charge in [0.25, 0.3) is 0 Å². The molecule has 2 aliphatic heterocycles. The van der Waals surface area contributed by atoms with Crippen molar-refractivity contribution in [3.05, 3.63) is 10.6 Å². The summed E-state index contributed by atoms with van der Waals surface area (Å²) in [6.07, 6.45) is -17.8. The maximum Gasteiger partial charge on any atom is 2.00 e. The van der Waals surface area contributed by atoms with Gasteiger partial charge in [-0.05, 0) is 0 Å². The van der Waals surface area contributed by atoms with E-state index >= 15 is 0 Å². The zero-order chi connectivity index (χ0) is 30.2. The largest absolute Gasteiger partial charge is 2.00 e. The Morgan fingerprint density at radius 2 is 0.590 bits per heavy atom. The molecule has 0 saturated carbocycles. The average molecular weight is 639 g/mol. The zero-order valence-corrected chi connectivity index (χ0v) is 21.1. The van der Waals surface area contributed by atoms with E-state index in [9.17, 15) is 71.9 Å². The second-order valence-electron chi connectivity index (χ2n) is 7.50. The van der Waals surface area contributed by atoms with Crippen LogP contribution in [0, 0.1) is 0 Å². The van der Waals surface area contributed by atoms with E-state index in [-0.39, 0.29) is 17.1 Å². The molecule has 6 nitrogen and oxygen atoms in total. The third-order valence-corrected chi connectivity index (χ3v) is 4.17. The van der Waals surface area contributed by atoms with E-state index in [2.05, 4.69) is 10.6 Å². The van der Waals surface area contributed by atoms with Crippen molar-refractivity contribution in [2.45, 2.75) is 76.1 Å². The van der Waals surface area contributed by atoms with Crippen LogP contribution in [0.2, 0.25) is 0 Å². The van der Waals surface area contributed by atoms with Gasteiger partial charge in [-0.3, -0.25) is 19.2 Å². The van der Waals surface area contributed by atoms with E-state index in [1.807, 2.05) is 0 Å². The van der Waals surface area contributed by atoms with Crippen molar-refractivity contribution in [2.75, 3.05) is 26.2 Å². The number of ketones is 4. The molecule has 0 amide bonds. The van der Waals surface area contributed by atoms with Crippen LogP contribution < -0.4 is 0 Å². The molecule has 0 aromatic heterocycles. The second kappa shape index (κ2) is 19.4. The Balaban J connectivity index is -0.000000463. The van der Waals surface area contributed by atoms with E-state index in [4.69, 9.17) is 0 Å². The number of rotatable bonds is 4. The number of hydrogen-bond acceptors (Lipinski definition) is 4. The molecule has 2 aliphatic rings. The molecule has 0 spiro atoms. The fraction of sp³-hybridized carbons (Fsp3) is 0.800. The minimum atomic E-state index is -5.40. The maximum absolute atomic E-state index is 11.3. The first-order valence-corrected chi connectivity index (χ1v) is 10.8. The Morgan fingerprint density at radius 1 is 0.410 bits per heavy atom. The fourth-order valence-electron chi connectivity index (χ4n) is 2.16. The van der Waals surface area contributed by atoms with Gasteiger partial charge >= 0.3 is 41.8 Å². The van der Waals surface area contributed by atoms with Gasteiger partial charge in [0.05, 0.1) is 12.8 Å². The number of hydrogen-bond donors (Lipinski definition) is 0. The first-order chi connectivity index (χ1) is 17.1. The normalized spacial score (nSPS) is 15.9. The summed E-state index contributed by atoms with van der Waals surface area (Å²) in [5.74, 6) is -10.8. The van der Waals surface area contributed by atoms with Gasteiger partial charge in [0.1, 0.15) is 0 Å². The topological polar surface area (TPSA) is 96.5 Å². The van der Waals surface area contributed by atoms with Crippen molar-refractivity contribution in [1.29, 1.82) is 0 Å². The molecule has 229 valence electrons. The van der Waals surface area contributed by atoms with Crippen molar-refractivity contribution in [1.82, 2.24) is 0 Å². The van der Waals surface area contributed by atoms with Crippen LogP contribution in [0.1, 0.15) is 51.4 Å². The summed E-state index contributed by atoms with van der Waals surface area (Å²) < 4.78 is 136. The first kappa shape index (κ1) is 41.8. The van der Waals surface area contributed by atoms with E-state index in [1.165, 1.54) is 38.5 Å². The van der Waals surface area contributed by atoms with E-state index in [0.29, 0.717) is 0 Å². The van der Waals surface area contributed by atoms with Crippen LogP contribution in [0.15, 0.2) is 0 Å². The third-order valence-electron chi connectivity index (χ3n) is 4.17. The molecular weight excluding hydrogens is 615 g/mol. The molecule has 0 N–H and O–H groups in total. The molecule has 0 aliphatic carbocycles. The number of alkyl halides is 12. The summed E-state index contributed by atoms with van der Waals surface area (Å²) in [5.41, 5.74) is 0. The zero-order valence-electron chi connectivity index (χ0n) is 19.9. The van der Waals surface area contributed by atoms with Crippen molar-refractivity contribution in [3.63, 3.8) is 0 Å². The minimum Gasteiger partial charge on any atom is -0.662 e. The number of carbonyl (C=O) groups is 4. The molecule has 0 aromatic carbocycles. The minimum absolute atomic E-state index is 0. The number of piperidine rings is 2. The molecule has 2 saturated heterocycles. The van der Waals surface area contributed by atoms with E-state index < -0.39 is 60.7 Å². The first-order valence-electron chi connectivity index (χ1n) is 10.8. The van der Waals surface area contributed by atoms with Crippen LogP contribution in [0.5, 0.6) is 0 Å². The molecule has 39 heavy (non-hydrogen) atoms. The molecule has 0 bridgehead atoms. The van der Waals surface area contributed by atoms with Crippen molar-refractivity contribution < 1.29 is 88.9 Å². The summed E-state index contributed by atoms with van der Waals surface area (Å²) >= 11 is 0. The SMILES string of the molecule is C1CC[N-]CC1.C1CC[N-]CC1.O=C(CC(=O)C(F)(F)F)C(F)(F)F.O=C(CC(=O)C(F)(F)F)C(F)(F)F.[Mn+2]. The monoisotopic (exact) mass is 639 g/mol. The Hall–Kier alpha value is -1.72. The average Bonchev–Trinajstić information content (AvgIpc) is 2.80. The maximum atomic E-state index is 11.3. The third kappa shape index (κ3) is 23.8. The second-order valence-corrected chi connectivity index (χ2v) is 7.50. The quantitative estimate of drug-likeness (QED) is 0.203. The molecule has 1 radical (unpaired) electrons. The number of halogens is 12. The molecule has 2 fully saturated rings. The van der Waals surface area contributed by atoms with Gasteiger partial charge in [-0.25, -0.2) is 0 Å². The Morgan fingerprint density at radius 3 is 0.667 bits per heavy atom. The van der Waals surface area contributed by atoms with Crippen LogP contribution in [0.25, 0.3) is 10.6 Å². The van der Waals surface area contributed by atoms with Crippen molar-refractivity contribution >= 4 is 23.1 Å². The summed E-state index contributed by atoms with van der Waals surface area (Å²) in [6.45, 7) is 4.50. The molecule has 0 unspecified atom stereocenters. The smallest absolute Gasteiger partial charge is 0.662 e. The Kier molecular flexibility index (Phi) is 20.7. The summed E-state index contributed by atoms with van der Waals surface area (Å²) in [6, 6.07) is 0. The Labute approximate surface area is 225 Å². The number of Topliss-reactive ketones (excluding diaryl/α,β-unsaturated/α-hetero) is 4. The predicted octanol–water partition coefficient (Wildman–Crippen LogP) is 6.36. The predicted molar refractivity (Wildman–Crippen MR) is 107 cm³/mol. The van der Waals surface area contributed by atoms with Crippen LogP contribution in [0.3, 0.4) is 0 Å². The van der Waals surface area contributed by atoms with Crippen molar-refractivity contribution in [3.8, 4) is 0 Å². The molecule has 19 heteroatoms. The van der Waals surface area contributed by atoms with Crippen LogP contribution in [-0.4, -0.2) is 74.0 Å². The van der Waals surface area contributed by atoms with Gasteiger partial charge in [0.2, 0.25) is 23.1 Å². The van der Waals surface area contributed by atoms with Gasteiger partial charge in [-0.2, -0.15) is 52.7 Å². The summed E-state index contributed by atoms with van der Waals surface area (Å²) in [7, 11) is 0. The molecule has 2 heterocycles. The van der Waals surface area contributed by atoms with Gasteiger partial charge < -0.3 is 10.6 Å². The number of nitrogens with zero attached hydrogens (tertiary/aromatic N) is 2. The fourth-order valence-corrected chi connectivity index (χ4v) is 2.16. The van der Waals surface area contributed by atoms with Gasteiger partial charge in [0.15, 0.2) is 0 Å². The Bertz CT molecular complexity index is 610. The van der Waals surface area contributed by atoms with Gasteiger partial charge in [-0.1, -0.05) is 38.5 Å². The molecular formula is C20H24F12MnN2O4. The van der Waals surface area contributed by atoms with Gasteiger partial charge in [0, 0.05) is 0 Å².